The molecule has 1 aliphatic rings. The minimum Gasteiger partial charge on any atom is -0.481 e. The highest BCUT2D eigenvalue weighted by Crippen LogP contribution is 2.13. The highest BCUT2D eigenvalue weighted by Gasteiger charge is 2.29. The molecule has 1 aliphatic heterocycles. The first-order chi connectivity index (χ1) is 9.74. The summed E-state index contributed by atoms with van der Waals surface area (Å²) >= 11 is 0. The van der Waals surface area contributed by atoms with Crippen molar-refractivity contribution in [3.8, 4) is 5.88 Å². The van der Waals surface area contributed by atoms with Crippen LogP contribution in [-0.4, -0.2) is 55.2 Å². The number of esters is 1. The monoisotopic (exact) mass is 279 g/mol. The lowest BCUT2D eigenvalue weighted by molar-refractivity contribution is -0.150. The van der Waals surface area contributed by atoms with Crippen molar-refractivity contribution in [3.05, 3.63) is 23.9 Å². The zero-order valence-corrected chi connectivity index (χ0v) is 12.0. The highest BCUT2D eigenvalue weighted by atomic mass is 16.5. The Balaban J connectivity index is 2.06. The second kappa shape index (κ2) is 7.21. The van der Waals surface area contributed by atoms with Gasteiger partial charge in [-0.15, -0.1) is 0 Å². The lowest BCUT2D eigenvalue weighted by Gasteiger charge is -2.34. The number of hydrogen-bond acceptors (Lipinski definition) is 6. The van der Waals surface area contributed by atoms with E-state index in [-0.39, 0.29) is 12.0 Å². The van der Waals surface area contributed by atoms with E-state index in [2.05, 4.69) is 15.2 Å². The largest absolute Gasteiger partial charge is 0.481 e. The second-order valence-electron chi connectivity index (χ2n) is 4.61. The molecule has 0 spiro atoms. The predicted octanol–water partition coefficient (Wildman–Crippen LogP) is 0.427. The maximum atomic E-state index is 12.0. The van der Waals surface area contributed by atoms with Crippen molar-refractivity contribution in [1.82, 2.24) is 15.2 Å². The van der Waals surface area contributed by atoms with Gasteiger partial charge in [-0.1, -0.05) is 6.07 Å². The molecule has 1 atom stereocenters. The Labute approximate surface area is 119 Å². The van der Waals surface area contributed by atoms with Gasteiger partial charge < -0.3 is 14.8 Å². The average Bonchev–Trinajstić information content (AvgIpc) is 2.48. The molecule has 2 heterocycles. The third kappa shape index (κ3) is 3.68. The number of rotatable bonds is 5. The molecule has 1 aromatic heterocycles. The Hall–Kier alpha value is -1.66. The van der Waals surface area contributed by atoms with Gasteiger partial charge in [0.25, 0.3) is 0 Å². The number of nitrogens with zero attached hydrogens (tertiary/aromatic N) is 2. The molecular formula is C14H21N3O3. The quantitative estimate of drug-likeness (QED) is 0.789. The normalized spacial score (nSPS) is 19.6. The number of ether oxygens (including phenoxy) is 2. The molecule has 0 saturated carbocycles. The summed E-state index contributed by atoms with van der Waals surface area (Å²) in [7, 11) is 1.60. The van der Waals surface area contributed by atoms with E-state index in [1.54, 1.807) is 7.11 Å². The number of carbonyl (C=O) groups excluding carboxylic acids is 1. The minimum absolute atomic E-state index is 0.178. The molecule has 1 unspecified atom stereocenters. The van der Waals surface area contributed by atoms with Crippen molar-refractivity contribution in [2.75, 3.05) is 33.4 Å². The van der Waals surface area contributed by atoms with Gasteiger partial charge in [-0.3, -0.25) is 9.69 Å². The van der Waals surface area contributed by atoms with Gasteiger partial charge in [0, 0.05) is 32.2 Å². The van der Waals surface area contributed by atoms with E-state index in [0.717, 1.165) is 18.8 Å². The van der Waals surface area contributed by atoms with E-state index in [1.165, 1.54) is 0 Å². The second-order valence-corrected chi connectivity index (χ2v) is 4.61. The first-order valence-electron chi connectivity index (χ1n) is 6.86. The summed E-state index contributed by atoms with van der Waals surface area (Å²) in [6, 6.07) is 5.40. The first kappa shape index (κ1) is 14.7. The minimum atomic E-state index is -0.253. The Bertz CT molecular complexity index is 453. The molecule has 0 aliphatic carbocycles. The van der Waals surface area contributed by atoms with E-state index in [0.29, 0.717) is 25.6 Å². The average molecular weight is 279 g/mol. The zero-order valence-electron chi connectivity index (χ0n) is 12.0. The highest BCUT2D eigenvalue weighted by molar-refractivity contribution is 5.76. The number of piperazine rings is 1. The van der Waals surface area contributed by atoms with Gasteiger partial charge in [0.15, 0.2) is 0 Å². The molecule has 1 saturated heterocycles. The van der Waals surface area contributed by atoms with Crippen LogP contribution < -0.4 is 10.1 Å². The molecule has 0 radical (unpaired) electrons. The van der Waals surface area contributed by atoms with Crippen LogP contribution in [0, 0.1) is 0 Å². The van der Waals surface area contributed by atoms with E-state index in [1.807, 2.05) is 25.1 Å². The molecule has 6 nitrogen and oxygen atoms in total. The SMILES string of the molecule is CCOC(=O)C1CNCCN1Cc1cccc(OC)n1. The summed E-state index contributed by atoms with van der Waals surface area (Å²) in [6.45, 7) is 5.11. The van der Waals surface area contributed by atoms with Gasteiger partial charge in [-0.2, -0.15) is 0 Å². The zero-order chi connectivity index (χ0) is 14.4. The van der Waals surface area contributed by atoms with Crippen LogP contribution in [0.2, 0.25) is 0 Å². The van der Waals surface area contributed by atoms with Crippen molar-refractivity contribution in [3.63, 3.8) is 0 Å². The van der Waals surface area contributed by atoms with Crippen LogP contribution >= 0.6 is 0 Å². The number of hydrogen-bond donors (Lipinski definition) is 1. The molecule has 6 heteroatoms. The van der Waals surface area contributed by atoms with Crippen molar-refractivity contribution >= 4 is 5.97 Å². The van der Waals surface area contributed by atoms with Gasteiger partial charge in [0.2, 0.25) is 5.88 Å². The maximum Gasteiger partial charge on any atom is 0.324 e. The Kier molecular flexibility index (Phi) is 5.31. The van der Waals surface area contributed by atoms with Crippen LogP contribution in [-0.2, 0) is 16.1 Å². The predicted molar refractivity (Wildman–Crippen MR) is 74.5 cm³/mol. The summed E-state index contributed by atoms with van der Waals surface area (Å²) in [6.07, 6.45) is 0. The van der Waals surface area contributed by atoms with E-state index in [4.69, 9.17) is 9.47 Å². The summed E-state index contributed by atoms with van der Waals surface area (Å²) in [5.41, 5.74) is 0.889. The fourth-order valence-corrected chi connectivity index (χ4v) is 2.27. The molecule has 0 bridgehead atoms. The van der Waals surface area contributed by atoms with E-state index in [9.17, 15) is 4.79 Å². The van der Waals surface area contributed by atoms with Gasteiger partial charge in [0.05, 0.1) is 19.4 Å². The van der Waals surface area contributed by atoms with E-state index < -0.39 is 0 Å². The number of nitrogens with one attached hydrogen (secondary N) is 1. The van der Waals surface area contributed by atoms with Gasteiger partial charge >= 0.3 is 5.97 Å². The molecule has 110 valence electrons. The summed E-state index contributed by atoms with van der Waals surface area (Å²) < 4.78 is 10.3. The fourth-order valence-electron chi connectivity index (χ4n) is 2.27. The molecule has 20 heavy (non-hydrogen) atoms. The topological polar surface area (TPSA) is 63.7 Å². The smallest absolute Gasteiger partial charge is 0.324 e. The van der Waals surface area contributed by atoms with Crippen LogP contribution in [0.5, 0.6) is 5.88 Å². The molecule has 1 aromatic rings. The standard InChI is InChI=1S/C14H21N3O3/c1-3-20-14(18)12-9-15-7-8-17(12)10-11-5-4-6-13(16-11)19-2/h4-6,12,15H,3,7-10H2,1-2H3. The Morgan fingerprint density at radius 2 is 2.40 bits per heavy atom. The van der Waals surface area contributed by atoms with Crippen molar-refractivity contribution in [1.29, 1.82) is 0 Å². The van der Waals surface area contributed by atoms with Crippen LogP contribution in [0.4, 0.5) is 0 Å². The molecule has 0 aromatic carbocycles. The third-order valence-corrected chi connectivity index (χ3v) is 3.27. The van der Waals surface area contributed by atoms with Crippen LogP contribution in [0.25, 0.3) is 0 Å². The number of methoxy groups -OCH3 is 1. The van der Waals surface area contributed by atoms with Crippen LogP contribution in [0.1, 0.15) is 12.6 Å². The van der Waals surface area contributed by atoms with Crippen LogP contribution in [0.15, 0.2) is 18.2 Å². The van der Waals surface area contributed by atoms with Gasteiger partial charge in [0.1, 0.15) is 6.04 Å². The number of aromatic nitrogens is 1. The number of pyridine rings is 1. The fraction of sp³-hybridized carbons (Fsp3) is 0.571. The lowest BCUT2D eigenvalue weighted by atomic mass is 10.1. The van der Waals surface area contributed by atoms with Crippen molar-refractivity contribution < 1.29 is 14.3 Å². The van der Waals surface area contributed by atoms with Gasteiger partial charge in [-0.25, -0.2) is 4.98 Å². The molecular weight excluding hydrogens is 258 g/mol. The molecule has 0 amide bonds. The van der Waals surface area contributed by atoms with E-state index >= 15 is 0 Å². The molecule has 1 N–H and O–H groups in total. The lowest BCUT2D eigenvalue weighted by Crippen LogP contribution is -2.54. The van der Waals surface area contributed by atoms with Crippen molar-refractivity contribution in [2.45, 2.75) is 19.5 Å². The molecule has 1 fully saturated rings. The first-order valence-corrected chi connectivity index (χ1v) is 6.86. The summed E-state index contributed by atoms with van der Waals surface area (Å²) in [5.74, 6) is 0.410. The number of carbonyl (C=O) groups is 1. The Morgan fingerprint density at radius 3 is 3.15 bits per heavy atom. The summed E-state index contributed by atoms with van der Waals surface area (Å²) in [5, 5.41) is 3.22. The summed E-state index contributed by atoms with van der Waals surface area (Å²) in [4.78, 5) is 18.5. The third-order valence-electron chi connectivity index (χ3n) is 3.27. The Morgan fingerprint density at radius 1 is 1.55 bits per heavy atom. The maximum absolute atomic E-state index is 12.0. The van der Waals surface area contributed by atoms with Crippen LogP contribution in [0.3, 0.4) is 0 Å². The van der Waals surface area contributed by atoms with Gasteiger partial charge in [-0.05, 0) is 13.0 Å². The van der Waals surface area contributed by atoms with Crippen molar-refractivity contribution in [2.24, 2.45) is 0 Å². The molecule has 2 rings (SSSR count).